The van der Waals surface area contributed by atoms with Gasteiger partial charge in [-0.2, -0.15) is 4.39 Å². The Bertz CT molecular complexity index is 739. The zero-order valence-corrected chi connectivity index (χ0v) is 15.2. The largest absolute Gasteiger partial charge is 0.353 e. The number of nitrogens with one attached hydrogen (secondary N) is 2. The Morgan fingerprint density at radius 1 is 1.23 bits per heavy atom. The van der Waals surface area contributed by atoms with Gasteiger partial charge in [0.25, 0.3) is 0 Å². The molecular weight excluding hydrogens is 335 g/mol. The number of anilines is 1. The molecule has 2 heterocycles. The van der Waals surface area contributed by atoms with Crippen LogP contribution in [0.1, 0.15) is 25.7 Å². The zero-order valence-electron chi connectivity index (χ0n) is 15.2. The molecule has 0 radical (unpaired) electrons. The van der Waals surface area contributed by atoms with Crippen molar-refractivity contribution in [1.29, 1.82) is 0 Å². The smallest absolute Gasteiger partial charge is 0.234 e. The number of amides is 1. The van der Waals surface area contributed by atoms with Gasteiger partial charge in [0.05, 0.1) is 12.2 Å². The molecule has 7 nitrogen and oxygen atoms in total. The van der Waals surface area contributed by atoms with Crippen molar-refractivity contribution in [2.24, 2.45) is 0 Å². The molecule has 1 fully saturated rings. The molecule has 1 aliphatic carbocycles. The summed E-state index contributed by atoms with van der Waals surface area (Å²) in [5.41, 5.74) is 0.683. The lowest BCUT2D eigenvalue weighted by Crippen LogP contribution is -2.43. The Hall–Kier alpha value is -2.48. The quantitative estimate of drug-likeness (QED) is 0.769. The number of carbonyl (C=O) groups is 1. The summed E-state index contributed by atoms with van der Waals surface area (Å²) in [5, 5.41) is 6.54. The number of rotatable bonds is 6. The zero-order chi connectivity index (χ0) is 18.5. The van der Waals surface area contributed by atoms with Gasteiger partial charge < -0.3 is 15.5 Å². The van der Waals surface area contributed by atoms with E-state index in [0.29, 0.717) is 18.2 Å². The van der Waals surface area contributed by atoms with Gasteiger partial charge in [0, 0.05) is 36.7 Å². The topological polar surface area (TPSA) is 75.1 Å². The predicted molar refractivity (Wildman–Crippen MR) is 97.7 cm³/mol. The highest BCUT2D eigenvalue weighted by Gasteiger charge is 2.23. The maximum Gasteiger partial charge on any atom is 0.234 e. The van der Waals surface area contributed by atoms with Crippen LogP contribution in [0, 0.1) is 5.95 Å². The Morgan fingerprint density at radius 2 is 1.96 bits per heavy atom. The molecule has 140 valence electrons. The minimum atomic E-state index is -0.517. The molecule has 8 heteroatoms. The SMILES string of the molecule is CN(C)CC(=O)NC1CCC(Nc2nccn2-c2ccnc(F)c2)CC1. The third kappa shape index (κ3) is 4.78. The lowest BCUT2D eigenvalue weighted by Gasteiger charge is -2.30. The van der Waals surface area contributed by atoms with E-state index in [0.717, 1.165) is 25.7 Å². The molecular formula is C18H25FN6O. The van der Waals surface area contributed by atoms with Gasteiger partial charge in [0.2, 0.25) is 17.8 Å². The summed E-state index contributed by atoms with van der Waals surface area (Å²) in [4.78, 5) is 21.7. The van der Waals surface area contributed by atoms with Gasteiger partial charge in [0.15, 0.2) is 0 Å². The van der Waals surface area contributed by atoms with E-state index in [2.05, 4.69) is 20.6 Å². The number of carbonyl (C=O) groups excluding carboxylic acids is 1. The van der Waals surface area contributed by atoms with Crippen molar-refractivity contribution in [2.75, 3.05) is 26.0 Å². The standard InChI is InChI=1S/C18H25FN6O/c1-24(2)12-17(26)22-13-3-5-14(6-4-13)23-18-21-9-10-25(18)15-7-8-20-16(19)11-15/h7-11,13-14H,3-6,12H2,1-2H3,(H,21,23)(H,22,26). The van der Waals surface area contributed by atoms with Crippen LogP contribution in [0.25, 0.3) is 5.69 Å². The van der Waals surface area contributed by atoms with Crippen LogP contribution in [0.15, 0.2) is 30.7 Å². The molecule has 1 saturated carbocycles. The normalized spacial score (nSPS) is 20.2. The summed E-state index contributed by atoms with van der Waals surface area (Å²) in [7, 11) is 3.77. The van der Waals surface area contributed by atoms with Crippen LogP contribution >= 0.6 is 0 Å². The molecule has 0 aliphatic heterocycles. The maximum absolute atomic E-state index is 13.4. The number of halogens is 1. The maximum atomic E-state index is 13.4. The van der Waals surface area contributed by atoms with Crippen LogP contribution < -0.4 is 10.6 Å². The van der Waals surface area contributed by atoms with E-state index in [9.17, 15) is 9.18 Å². The van der Waals surface area contributed by atoms with Crippen LogP contribution in [-0.2, 0) is 4.79 Å². The van der Waals surface area contributed by atoms with Crippen LogP contribution in [0.4, 0.5) is 10.3 Å². The molecule has 1 amide bonds. The molecule has 2 N–H and O–H groups in total. The highest BCUT2D eigenvalue weighted by Crippen LogP contribution is 2.23. The third-order valence-electron chi connectivity index (χ3n) is 4.51. The highest BCUT2D eigenvalue weighted by molar-refractivity contribution is 5.78. The van der Waals surface area contributed by atoms with E-state index in [-0.39, 0.29) is 18.0 Å². The predicted octanol–water partition coefficient (Wildman–Crippen LogP) is 1.81. The second-order valence-corrected chi connectivity index (χ2v) is 6.96. The summed E-state index contributed by atoms with van der Waals surface area (Å²) in [6.45, 7) is 0.415. The molecule has 0 aromatic carbocycles. The van der Waals surface area contributed by atoms with Gasteiger partial charge in [-0.15, -0.1) is 0 Å². The van der Waals surface area contributed by atoms with E-state index < -0.39 is 5.95 Å². The van der Waals surface area contributed by atoms with Crippen molar-refractivity contribution in [3.63, 3.8) is 0 Å². The van der Waals surface area contributed by atoms with E-state index in [4.69, 9.17) is 0 Å². The fraction of sp³-hybridized carbons (Fsp3) is 0.500. The average Bonchev–Trinajstić information content (AvgIpc) is 3.04. The highest BCUT2D eigenvalue weighted by atomic mass is 19.1. The second kappa shape index (κ2) is 8.27. The molecule has 1 aliphatic rings. The summed E-state index contributed by atoms with van der Waals surface area (Å²) in [6.07, 6.45) is 8.69. The number of likely N-dealkylation sites (N-methyl/N-ethyl adjacent to an activating group) is 1. The summed E-state index contributed by atoms with van der Waals surface area (Å²) in [6, 6.07) is 3.64. The first kappa shape index (κ1) is 18.3. The molecule has 2 aromatic rings. The Labute approximate surface area is 152 Å². The van der Waals surface area contributed by atoms with E-state index in [1.165, 1.54) is 12.3 Å². The Kier molecular flexibility index (Phi) is 5.82. The van der Waals surface area contributed by atoms with Crippen molar-refractivity contribution in [1.82, 2.24) is 24.8 Å². The number of hydrogen-bond acceptors (Lipinski definition) is 5. The van der Waals surface area contributed by atoms with Crippen molar-refractivity contribution >= 4 is 11.9 Å². The van der Waals surface area contributed by atoms with Crippen LogP contribution in [0.5, 0.6) is 0 Å². The number of pyridine rings is 1. The van der Waals surface area contributed by atoms with Gasteiger partial charge in [-0.3, -0.25) is 9.36 Å². The minimum absolute atomic E-state index is 0.0710. The first-order valence-electron chi connectivity index (χ1n) is 8.87. The number of aromatic nitrogens is 3. The number of nitrogens with zero attached hydrogens (tertiary/aromatic N) is 4. The van der Waals surface area contributed by atoms with Gasteiger partial charge in [0.1, 0.15) is 0 Å². The lowest BCUT2D eigenvalue weighted by atomic mass is 9.91. The van der Waals surface area contributed by atoms with E-state index >= 15 is 0 Å². The fourth-order valence-electron chi connectivity index (χ4n) is 3.29. The molecule has 0 spiro atoms. The molecule has 2 aromatic heterocycles. The number of imidazole rings is 1. The fourth-order valence-corrected chi connectivity index (χ4v) is 3.29. The first-order valence-corrected chi connectivity index (χ1v) is 8.87. The van der Waals surface area contributed by atoms with Gasteiger partial charge >= 0.3 is 0 Å². The van der Waals surface area contributed by atoms with Crippen LogP contribution in [0.2, 0.25) is 0 Å². The summed E-state index contributed by atoms with van der Waals surface area (Å²) in [5.74, 6) is 0.244. The van der Waals surface area contributed by atoms with Crippen molar-refractivity contribution < 1.29 is 9.18 Å². The lowest BCUT2D eigenvalue weighted by molar-refractivity contribution is -0.122. The van der Waals surface area contributed by atoms with Crippen molar-refractivity contribution in [3.8, 4) is 5.69 Å². The van der Waals surface area contributed by atoms with Gasteiger partial charge in [-0.1, -0.05) is 0 Å². The van der Waals surface area contributed by atoms with Gasteiger partial charge in [-0.05, 0) is 45.8 Å². The molecule has 0 unspecified atom stereocenters. The van der Waals surface area contributed by atoms with E-state index in [1.54, 1.807) is 18.5 Å². The molecule has 26 heavy (non-hydrogen) atoms. The Morgan fingerprint density at radius 3 is 2.65 bits per heavy atom. The Balaban J connectivity index is 1.54. The average molecular weight is 360 g/mol. The molecule has 3 rings (SSSR count). The van der Waals surface area contributed by atoms with Crippen molar-refractivity contribution in [3.05, 3.63) is 36.7 Å². The first-order chi connectivity index (χ1) is 12.5. The summed E-state index contributed by atoms with van der Waals surface area (Å²) >= 11 is 0. The van der Waals surface area contributed by atoms with Crippen molar-refractivity contribution in [2.45, 2.75) is 37.8 Å². The number of hydrogen-bond donors (Lipinski definition) is 2. The van der Waals surface area contributed by atoms with Crippen LogP contribution in [0.3, 0.4) is 0 Å². The van der Waals surface area contributed by atoms with Crippen LogP contribution in [-0.4, -0.2) is 58.1 Å². The molecule has 0 saturated heterocycles. The second-order valence-electron chi connectivity index (χ2n) is 6.96. The molecule has 0 bridgehead atoms. The van der Waals surface area contributed by atoms with Gasteiger partial charge in [-0.25, -0.2) is 9.97 Å². The summed E-state index contributed by atoms with van der Waals surface area (Å²) < 4.78 is 15.2. The molecule has 0 atom stereocenters. The monoisotopic (exact) mass is 360 g/mol. The third-order valence-corrected chi connectivity index (χ3v) is 4.51. The van der Waals surface area contributed by atoms with E-state index in [1.807, 2.05) is 23.6 Å². The minimum Gasteiger partial charge on any atom is -0.353 e.